The number of fused-ring (bicyclic) bond motifs is 1. The molecule has 0 saturated carbocycles. The molecule has 2 aromatic heterocycles. The number of carbonyl (C=O) groups is 2. The number of aromatic nitrogens is 4. The Morgan fingerprint density at radius 1 is 1.02 bits per heavy atom. The molecule has 0 aliphatic carbocycles. The van der Waals surface area contributed by atoms with E-state index in [0.29, 0.717) is 28.9 Å². The van der Waals surface area contributed by atoms with Gasteiger partial charge in [0.05, 0.1) is 16.6 Å². The maximum absolute atomic E-state index is 13.4. The third kappa shape index (κ3) is 6.48. The van der Waals surface area contributed by atoms with Gasteiger partial charge in [-0.3, -0.25) is 9.59 Å². The van der Waals surface area contributed by atoms with Crippen molar-refractivity contribution in [3.8, 4) is 11.1 Å². The Morgan fingerprint density at radius 2 is 1.75 bits per heavy atom. The molecule has 0 aliphatic heterocycles. The number of anilines is 1. The van der Waals surface area contributed by atoms with Gasteiger partial charge in [-0.15, -0.1) is 0 Å². The zero-order valence-corrected chi connectivity index (χ0v) is 25.2. The zero-order chi connectivity index (χ0) is 31.4. The predicted molar refractivity (Wildman–Crippen MR) is 167 cm³/mol. The summed E-state index contributed by atoms with van der Waals surface area (Å²) in [7, 11) is -4.24. The number of sulfonamides is 1. The SMILES string of the molecule is CCC(Nc1ncc[nH]1)n1ncc2cc(C(=O)NCC(NS(=O)(=O)c3c(C)cc(-c4ccccc4)cc3C)C(=O)O)ccc21. The smallest absolute Gasteiger partial charge is 0.323 e. The van der Waals surface area contributed by atoms with Crippen molar-refractivity contribution < 1.29 is 23.1 Å². The average Bonchev–Trinajstić information content (AvgIpc) is 3.67. The number of nitrogens with one attached hydrogen (secondary N) is 4. The fourth-order valence-corrected chi connectivity index (χ4v) is 6.82. The van der Waals surface area contributed by atoms with Crippen LogP contribution in [0, 0.1) is 13.8 Å². The highest BCUT2D eigenvalue weighted by Gasteiger charge is 2.29. The molecule has 0 radical (unpaired) electrons. The third-order valence-corrected chi connectivity index (χ3v) is 9.02. The van der Waals surface area contributed by atoms with Gasteiger partial charge in [0, 0.05) is 29.9 Å². The van der Waals surface area contributed by atoms with E-state index in [9.17, 15) is 23.1 Å². The van der Waals surface area contributed by atoms with E-state index >= 15 is 0 Å². The second-order valence-electron chi connectivity index (χ2n) is 10.4. The van der Waals surface area contributed by atoms with E-state index in [-0.39, 0.29) is 16.6 Å². The van der Waals surface area contributed by atoms with E-state index in [1.165, 1.54) is 0 Å². The summed E-state index contributed by atoms with van der Waals surface area (Å²) in [5.41, 5.74) is 3.80. The Kier molecular flexibility index (Phi) is 8.78. The molecule has 5 rings (SSSR count). The van der Waals surface area contributed by atoms with Gasteiger partial charge < -0.3 is 20.7 Å². The van der Waals surface area contributed by atoms with Crippen molar-refractivity contribution in [2.45, 2.75) is 44.3 Å². The summed E-state index contributed by atoms with van der Waals surface area (Å²) >= 11 is 0. The summed E-state index contributed by atoms with van der Waals surface area (Å²) in [5.74, 6) is -1.36. The lowest BCUT2D eigenvalue weighted by Gasteiger charge is -2.19. The molecule has 12 nitrogen and oxygen atoms in total. The maximum atomic E-state index is 13.4. The Morgan fingerprint density at radius 3 is 2.39 bits per heavy atom. The highest BCUT2D eigenvalue weighted by molar-refractivity contribution is 7.89. The number of aliphatic carboxylic acids is 1. The number of hydrogen-bond donors (Lipinski definition) is 5. The summed E-state index contributed by atoms with van der Waals surface area (Å²) < 4.78 is 30.8. The van der Waals surface area contributed by atoms with Gasteiger partial charge in [0.25, 0.3) is 5.91 Å². The molecule has 0 spiro atoms. The van der Waals surface area contributed by atoms with Gasteiger partial charge in [0.2, 0.25) is 16.0 Å². The first-order chi connectivity index (χ1) is 21.1. The number of aromatic amines is 1. The van der Waals surface area contributed by atoms with Gasteiger partial charge in [-0.1, -0.05) is 49.4 Å². The summed E-state index contributed by atoms with van der Waals surface area (Å²) in [6.07, 6.45) is 5.52. The van der Waals surface area contributed by atoms with Crippen LogP contribution in [0.4, 0.5) is 5.95 Å². The first-order valence-corrected chi connectivity index (χ1v) is 15.5. The lowest BCUT2D eigenvalue weighted by Crippen LogP contribution is -2.48. The van der Waals surface area contributed by atoms with E-state index in [4.69, 9.17) is 0 Å². The van der Waals surface area contributed by atoms with Crippen LogP contribution in [0.1, 0.15) is 41.0 Å². The van der Waals surface area contributed by atoms with Crippen LogP contribution < -0.4 is 15.4 Å². The molecule has 228 valence electrons. The number of hydrogen-bond acceptors (Lipinski definition) is 7. The molecule has 0 saturated heterocycles. The number of rotatable bonds is 12. The second kappa shape index (κ2) is 12.7. The van der Waals surface area contributed by atoms with E-state index < -0.39 is 34.5 Å². The Labute approximate surface area is 254 Å². The Hall–Kier alpha value is -5.01. The van der Waals surface area contributed by atoms with E-state index in [1.54, 1.807) is 67.5 Å². The van der Waals surface area contributed by atoms with Crippen molar-refractivity contribution in [2.75, 3.05) is 11.9 Å². The van der Waals surface area contributed by atoms with Crippen LogP contribution in [0.2, 0.25) is 0 Å². The van der Waals surface area contributed by atoms with Crippen LogP contribution in [0.25, 0.3) is 22.0 Å². The van der Waals surface area contributed by atoms with Gasteiger partial charge in [-0.25, -0.2) is 18.1 Å². The normalized spacial score (nSPS) is 13.0. The third-order valence-electron chi connectivity index (χ3n) is 7.24. The van der Waals surface area contributed by atoms with Gasteiger partial charge in [0.15, 0.2) is 0 Å². The molecule has 13 heteroatoms. The standard InChI is InChI=1S/C31H33N7O5S/c1-4-27(36-31-32-12-13-33-31)38-26-11-10-22(16-24(26)17-35-38)29(39)34-18-25(30(40)41)37-44(42,43)28-19(2)14-23(15-20(28)3)21-8-6-5-7-9-21/h5-17,25,27,37H,4,18H2,1-3H3,(H,34,39)(H,40,41)(H2,32,33,36). The highest BCUT2D eigenvalue weighted by Crippen LogP contribution is 2.28. The van der Waals surface area contributed by atoms with Crippen molar-refractivity contribution in [1.29, 1.82) is 0 Å². The molecule has 0 bridgehead atoms. The summed E-state index contributed by atoms with van der Waals surface area (Å²) in [6, 6.07) is 16.5. The molecule has 0 aliphatic rings. The summed E-state index contributed by atoms with van der Waals surface area (Å²) in [6.45, 7) is 4.88. The molecule has 5 aromatic rings. The first-order valence-electron chi connectivity index (χ1n) is 14.0. The van der Waals surface area contributed by atoms with Crippen molar-refractivity contribution in [2.24, 2.45) is 0 Å². The lowest BCUT2D eigenvalue weighted by atomic mass is 10.0. The maximum Gasteiger partial charge on any atom is 0.323 e. The number of carbonyl (C=O) groups excluding carboxylic acids is 1. The number of benzene rings is 3. The van der Waals surface area contributed by atoms with E-state index in [2.05, 4.69) is 30.4 Å². The van der Waals surface area contributed by atoms with Gasteiger partial charge >= 0.3 is 5.97 Å². The number of H-pyrrole nitrogens is 1. The Bertz CT molecular complexity index is 1880. The van der Waals surface area contributed by atoms with Crippen LogP contribution in [0.5, 0.6) is 0 Å². The van der Waals surface area contributed by atoms with Crippen LogP contribution in [-0.4, -0.2) is 57.7 Å². The van der Waals surface area contributed by atoms with Crippen LogP contribution in [0.15, 0.2) is 84.1 Å². The first kappa shape index (κ1) is 30.4. The van der Waals surface area contributed by atoms with Gasteiger partial charge in [-0.05, 0) is 60.7 Å². The highest BCUT2D eigenvalue weighted by atomic mass is 32.2. The van der Waals surface area contributed by atoms with E-state index in [1.807, 2.05) is 37.3 Å². The molecule has 5 N–H and O–H groups in total. The molecular weight excluding hydrogens is 582 g/mol. The number of aryl methyl sites for hydroxylation is 2. The number of amides is 1. The number of nitrogens with zero attached hydrogens (tertiary/aromatic N) is 3. The number of imidazole rings is 1. The summed E-state index contributed by atoms with van der Waals surface area (Å²) in [5, 5.41) is 20.8. The van der Waals surface area contributed by atoms with Crippen molar-refractivity contribution in [3.05, 3.63) is 95.9 Å². The van der Waals surface area contributed by atoms with Crippen molar-refractivity contribution in [3.63, 3.8) is 0 Å². The molecule has 2 atom stereocenters. The molecule has 0 fully saturated rings. The monoisotopic (exact) mass is 615 g/mol. The topological polar surface area (TPSA) is 171 Å². The minimum absolute atomic E-state index is 0.00383. The summed E-state index contributed by atoms with van der Waals surface area (Å²) in [4.78, 5) is 32.3. The lowest BCUT2D eigenvalue weighted by molar-refractivity contribution is -0.138. The molecule has 1 amide bonds. The zero-order valence-electron chi connectivity index (χ0n) is 24.4. The molecule has 2 heterocycles. The average molecular weight is 616 g/mol. The van der Waals surface area contributed by atoms with Crippen molar-refractivity contribution >= 4 is 38.8 Å². The molecule has 44 heavy (non-hydrogen) atoms. The minimum Gasteiger partial charge on any atom is -0.480 e. The van der Waals surface area contributed by atoms with Crippen LogP contribution in [-0.2, 0) is 14.8 Å². The fourth-order valence-electron chi connectivity index (χ4n) is 5.17. The largest absolute Gasteiger partial charge is 0.480 e. The minimum atomic E-state index is -4.24. The fraction of sp³-hybridized carbons (Fsp3) is 0.226. The van der Waals surface area contributed by atoms with Crippen molar-refractivity contribution in [1.82, 2.24) is 29.8 Å². The molecular formula is C31H33N7O5S. The van der Waals surface area contributed by atoms with Crippen LogP contribution >= 0.6 is 0 Å². The second-order valence-corrected chi connectivity index (χ2v) is 12.0. The molecule has 2 unspecified atom stereocenters. The van der Waals surface area contributed by atoms with Gasteiger partial charge in [0.1, 0.15) is 12.2 Å². The quantitative estimate of drug-likeness (QED) is 0.139. The molecule has 3 aromatic carbocycles. The van der Waals surface area contributed by atoms with Gasteiger partial charge in [-0.2, -0.15) is 9.82 Å². The van der Waals surface area contributed by atoms with E-state index in [0.717, 1.165) is 16.6 Å². The Balaban J connectivity index is 1.29. The number of carboxylic acids is 1. The van der Waals surface area contributed by atoms with Crippen LogP contribution in [0.3, 0.4) is 0 Å². The number of carboxylic acid groups (broad SMARTS) is 1. The predicted octanol–water partition coefficient (Wildman–Crippen LogP) is 4.23.